The summed E-state index contributed by atoms with van der Waals surface area (Å²) < 4.78 is 2.30. The minimum atomic E-state index is 0.240. The molecule has 0 spiro atoms. The van der Waals surface area contributed by atoms with Crippen molar-refractivity contribution >= 4 is 5.71 Å². The summed E-state index contributed by atoms with van der Waals surface area (Å²) in [4.78, 5) is 0. The van der Waals surface area contributed by atoms with Gasteiger partial charge >= 0.3 is 0 Å². The molecule has 0 saturated carbocycles. The lowest BCUT2D eigenvalue weighted by molar-refractivity contribution is -0.506. The van der Waals surface area contributed by atoms with Crippen LogP contribution in [0.15, 0.2) is 85.1 Å². The largest absolute Gasteiger partial charge is 0.213 e. The molecular weight excluding hydrogens is 242 g/mol. The van der Waals surface area contributed by atoms with E-state index in [4.69, 9.17) is 0 Å². The third-order valence-electron chi connectivity index (χ3n) is 3.60. The van der Waals surface area contributed by atoms with E-state index < -0.39 is 0 Å². The van der Waals surface area contributed by atoms with E-state index in [1.807, 2.05) is 6.07 Å². The average Bonchev–Trinajstić information content (AvgIpc) is 2.94. The van der Waals surface area contributed by atoms with Gasteiger partial charge in [0.15, 0.2) is 5.70 Å². The van der Waals surface area contributed by atoms with Crippen LogP contribution < -0.4 is 0 Å². The minimum absolute atomic E-state index is 0.240. The third kappa shape index (κ3) is 2.23. The number of benzene rings is 2. The molecule has 1 aliphatic rings. The zero-order valence-electron chi connectivity index (χ0n) is 11.7. The number of hydrogen-bond acceptors (Lipinski definition) is 0. The van der Waals surface area contributed by atoms with Gasteiger partial charge in [0.1, 0.15) is 0 Å². The van der Waals surface area contributed by atoms with Gasteiger partial charge in [-0.2, -0.15) is 4.58 Å². The fraction of sp³-hybridized carbons (Fsp3) is 0.105. The van der Waals surface area contributed by atoms with Crippen LogP contribution in [-0.2, 0) is 0 Å². The van der Waals surface area contributed by atoms with Crippen molar-refractivity contribution in [1.29, 1.82) is 0 Å². The first kappa shape index (κ1) is 12.6. The maximum atomic E-state index is 4.15. The molecule has 0 radical (unpaired) electrons. The summed E-state index contributed by atoms with van der Waals surface area (Å²) in [5.74, 6) is 0. The van der Waals surface area contributed by atoms with E-state index in [1.165, 1.54) is 16.8 Å². The predicted octanol–water partition coefficient (Wildman–Crippen LogP) is 4.33. The van der Waals surface area contributed by atoms with Crippen LogP contribution in [0.4, 0.5) is 0 Å². The monoisotopic (exact) mass is 260 g/mol. The van der Waals surface area contributed by atoms with Gasteiger partial charge in [0.25, 0.3) is 0 Å². The van der Waals surface area contributed by atoms with Crippen LogP contribution in [0.3, 0.4) is 0 Å². The highest BCUT2D eigenvalue weighted by Gasteiger charge is 2.30. The second-order valence-corrected chi connectivity index (χ2v) is 5.07. The highest BCUT2D eigenvalue weighted by atomic mass is 15.1. The minimum Gasteiger partial charge on any atom is -0.186 e. The molecule has 2 aromatic carbocycles. The molecule has 1 nitrogen and oxygen atoms in total. The van der Waals surface area contributed by atoms with E-state index in [1.54, 1.807) is 0 Å². The van der Waals surface area contributed by atoms with Crippen LogP contribution in [-0.4, -0.2) is 10.3 Å². The Bertz CT molecular complexity index is 678. The van der Waals surface area contributed by atoms with Crippen molar-refractivity contribution in [2.24, 2.45) is 0 Å². The topological polar surface area (TPSA) is 3.01 Å². The van der Waals surface area contributed by atoms with Crippen LogP contribution in [0, 0.1) is 0 Å². The van der Waals surface area contributed by atoms with E-state index in [2.05, 4.69) is 84.8 Å². The zero-order valence-corrected chi connectivity index (χ0v) is 11.7. The molecule has 0 amide bonds. The van der Waals surface area contributed by atoms with Crippen molar-refractivity contribution in [3.05, 3.63) is 96.2 Å². The molecule has 0 fully saturated rings. The number of hydrogen-bond donors (Lipinski definition) is 0. The molecule has 1 aliphatic heterocycles. The van der Waals surface area contributed by atoms with Gasteiger partial charge in [0.05, 0.1) is 0 Å². The standard InChI is InChI=1S/C19H18N/c1-15(2)20-18(16-9-5-3-6-10-16)13-14-19(20)17-11-7-4-8-12-17/h3-14,18H,1H2,2H3/q+1. The molecule has 0 aliphatic carbocycles. The summed E-state index contributed by atoms with van der Waals surface area (Å²) >= 11 is 0. The second-order valence-electron chi connectivity index (χ2n) is 5.07. The van der Waals surface area contributed by atoms with E-state index in [0.717, 1.165) is 5.70 Å². The van der Waals surface area contributed by atoms with Crippen molar-refractivity contribution in [2.45, 2.75) is 13.0 Å². The second kappa shape index (κ2) is 5.30. The summed E-state index contributed by atoms with van der Waals surface area (Å²) in [5, 5.41) is 0. The summed E-state index contributed by atoms with van der Waals surface area (Å²) in [6.07, 6.45) is 4.44. The fourth-order valence-electron chi connectivity index (χ4n) is 2.70. The molecule has 1 unspecified atom stereocenters. The van der Waals surface area contributed by atoms with Gasteiger partial charge in [-0.3, -0.25) is 0 Å². The highest BCUT2D eigenvalue weighted by Crippen LogP contribution is 2.27. The van der Waals surface area contributed by atoms with Gasteiger partial charge in [-0.05, 0) is 24.8 Å². The summed E-state index contributed by atoms with van der Waals surface area (Å²) in [6.45, 7) is 6.22. The maximum Gasteiger partial charge on any atom is 0.213 e. The van der Waals surface area contributed by atoms with Gasteiger partial charge in [-0.15, -0.1) is 0 Å². The molecule has 0 N–H and O–H groups in total. The molecule has 0 saturated heterocycles. The molecule has 3 rings (SSSR count). The van der Waals surface area contributed by atoms with E-state index in [-0.39, 0.29) is 6.04 Å². The van der Waals surface area contributed by atoms with Gasteiger partial charge in [0.2, 0.25) is 11.8 Å². The summed E-state index contributed by atoms with van der Waals surface area (Å²) in [7, 11) is 0. The Morgan fingerprint density at radius 3 is 2.15 bits per heavy atom. The molecule has 20 heavy (non-hydrogen) atoms. The van der Waals surface area contributed by atoms with Crippen LogP contribution in [0.2, 0.25) is 0 Å². The average molecular weight is 260 g/mol. The Hall–Kier alpha value is -2.41. The molecule has 0 aromatic heterocycles. The number of allylic oxidation sites excluding steroid dienone is 2. The fourth-order valence-corrected chi connectivity index (χ4v) is 2.70. The van der Waals surface area contributed by atoms with Gasteiger partial charge in [-0.1, -0.05) is 48.5 Å². The van der Waals surface area contributed by atoms with Gasteiger partial charge < -0.3 is 0 Å². The first-order chi connectivity index (χ1) is 9.77. The Balaban J connectivity index is 2.11. The normalized spacial score (nSPS) is 17.6. The Morgan fingerprint density at radius 2 is 1.55 bits per heavy atom. The number of rotatable bonds is 3. The van der Waals surface area contributed by atoms with E-state index in [0.29, 0.717) is 0 Å². The molecule has 1 heteroatoms. The van der Waals surface area contributed by atoms with Crippen molar-refractivity contribution in [3.63, 3.8) is 0 Å². The lowest BCUT2D eigenvalue weighted by Gasteiger charge is -2.11. The van der Waals surface area contributed by atoms with Crippen LogP contribution in [0.1, 0.15) is 24.1 Å². The molecule has 0 bridgehead atoms. The van der Waals surface area contributed by atoms with Crippen molar-refractivity contribution < 1.29 is 4.58 Å². The highest BCUT2D eigenvalue weighted by molar-refractivity contribution is 6.06. The van der Waals surface area contributed by atoms with Crippen molar-refractivity contribution in [2.75, 3.05) is 0 Å². The lowest BCUT2D eigenvalue weighted by Crippen LogP contribution is -2.18. The molecule has 98 valence electrons. The zero-order chi connectivity index (χ0) is 13.9. The Labute approximate surface area is 120 Å². The van der Waals surface area contributed by atoms with Crippen LogP contribution >= 0.6 is 0 Å². The SMILES string of the molecule is C=C(C)[N+]1=C(c2ccccc2)C=CC1c1ccccc1. The molecule has 2 aromatic rings. The van der Waals surface area contributed by atoms with Crippen LogP contribution in [0.25, 0.3) is 0 Å². The molecule has 1 heterocycles. The first-order valence-electron chi connectivity index (χ1n) is 6.87. The smallest absolute Gasteiger partial charge is 0.186 e. The Morgan fingerprint density at radius 1 is 0.950 bits per heavy atom. The summed E-state index contributed by atoms with van der Waals surface area (Å²) in [6, 6.07) is 21.3. The first-order valence-corrected chi connectivity index (χ1v) is 6.87. The van der Waals surface area contributed by atoms with E-state index >= 15 is 0 Å². The molecular formula is C19H18N+. The molecule has 1 atom stereocenters. The van der Waals surface area contributed by atoms with Gasteiger partial charge in [0, 0.05) is 24.1 Å². The number of nitrogens with zero attached hydrogens (tertiary/aromatic N) is 1. The third-order valence-corrected chi connectivity index (χ3v) is 3.60. The van der Waals surface area contributed by atoms with E-state index in [9.17, 15) is 0 Å². The predicted molar refractivity (Wildman–Crippen MR) is 83.9 cm³/mol. The van der Waals surface area contributed by atoms with Crippen molar-refractivity contribution in [1.82, 2.24) is 0 Å². The van der Waals surface area contributed by atoms with Crippen LogP contribution in [0.5, 0.6) is 0 Å². The van der Waals surface area contributed by atoms with Gasteiger partial charge in [-0.25, -0.2) is 0 Å². The summed E-state index contributed by atoms with van der Waals surface area (Å²) in [5.41, 5.74) is 4.79. The quantitative estimate of drug-likeness (QED) is 0.722. The Kier molecular flexibility index (Phi) is 3.34. The maximum absolute atomic E-state index is 4.15. The van der Waals surface area contributed by atoms with Crippen molar-refractivity contribution in [3.8, 4) is 0 Å². The lowest BCUT2D eigenvalue weighted by atomic mass is 10.1.